The van der Waals surface area contributed by atoms with Crippen molar-refractivity contribution in [3.05, 3.63) is 81.2 Å². The van der Waals surface area contributed by atoms with Crippen molar-refractivity contribution in [2.75, 3.05) is 11.1 Å². The quantitative estimate of drug-likeness (QED) is 0.156. The van der Waals surface area contributed by atoms with Gasteiger partial charge in [0.25, 0.3) is 0 Å². The Balaban J connectivity index is 1.58. The standard InChI is InChI=1S/C26H24BrFN4O4/c1-3-21(33)16-7-8-18(28)23(24(16)36-25(34)14-5-4-13(2)19(29)10-14)17-11-20(17)31-26(35)32-22-9-6-15(27)12-30-22/h4-10,12,17,20H,3,11,29H2,1-2H3,(H2,30,31,32,35). The summed E-state index contributed by atoms with van der Waals surface area (Å²) in [5, 5.41) is 5.39. The normalized spacial score (nSPS) is 16.2. The lowest BCUT2D eigenvalue weighted by atomic mass is 9.99. The highest BCUT2D eigenvalue weighted by Gasteiger charge is 2.44. The summed E-state index contributed by atoms with van der Waals surface area (Å²) in [6, 6.07) is 9.63. The molecule has 0 aliphatic heterocycles. The zero-order valence-electron chi connectivity index (χ0n) is 19.6. The maximum Gasteiger partial charge on any atom is 0.343 e. The summed E-state index contributed by atoms with van der Waals surface area (Å²) < 4.78 is 21.5. The number of halogens is 2. The second-order valence-electron chi connectivity index (χ2n) is 8.48. The molecule has 2 unspecified atom stereocenters. The molecule has 186 valence electrons. The van der Waals surface area contributed by atoms with E-state index in [0.29, 0.717) is 17.9 Å². The maximum atomic E-state index is 15.1. The lowest BCUT2D eigenvalue weighted by Gasteiger charge is -2.16. The molecule has 1 heterocycles. The van der Waals surface area contributed by atoms with Crippen LogP contribution in [0.4, 0.5) is 20.7 Å². The van der Waals surface area contributed by atoms with Crippen molar-refractivity contribution in [2.24, 2.45) is 0 Å². The molecule has 1 aromatic heterocycles. The number of ketones is 1. The minimum Gasteiger partial charge on any atom is -0.422 e. The molecule has 2 atom stereocenters. The van der Waals surface area contributed by atoms with E-state index in [2.05, 4.69) is 31.5 Å². The van der Waals surface area contributed by atoms with Crippen LogP contribution in [-0.4, -0.2) is 28.8 Å². The zero-order chi connectivity index (χ0) is 26.0. The molecule has 0 bridgehead atoms. The van der Waals surface area contributed by atoms with Crippen molar-refractivity contribution in [2.45, 2.75) is 38.6 Å². The Kier molecular flexibility index (Phi) is 7.35. The van der Waals surface area contributed by atoms with E-state index in [1.807, 2.05) is 0 Å². The summed E-state index contributed by atoms with van der Waals surface area (Å²) in [5.41, 5.74) is 7.48. The molecule has 1 fully saturated rings. The van der Waals surface area contributed by atoms with Gasteiger partial charge in [-0.3, -0.25) is 10.1 Å². The van der Waals surface area contributed by atoms with Gasteiger partial charge < -0.3 is 15.8 Å². The summed E-state index contributed by atoms with van der Waals surface area (Å²) in [4.78, 5) is 42.1. The number of nitrogen functional groups attached to an aromatic ring is 1. The molecule has 10 heteroatoms. The number of benzene rings is 2. The predicted octanol–water partition coefficient (Wildman–Crippen LogP) is 5.36. The van der Waals surface area contributed by atoms with Gasteiger partial charge in [-0.2, -0.15) is 0 Å². The average Bonchev–Trinajstić information content (AvgIpc) is 3.60. The second-order valence-corrected chi connectivity index (χ2v) is 9.40. The van der Waals surface area contributed by atoms with Crippen LogP contribution in [-0.2, 0) is 0 Å². The minimum atomic E-state index is -0.761. The van der Waals surface area contributed by atoms with Crippen molar-refractivity contribution >= 4 is 45.2 Å². The number of aryl methyl sites for hydroxylation is 1. The SMILES string of the molecule is CCC(=O)c1ccc(F)c(C2CC2NC(=O)Nc2ccc(Br)cn2)c1OC(=O)c1ccc(C)c(N)c1. The Morgan fingerprint density at radius 1 is 1.19 bits per heavy atom. The number of pyridine rings is 1. The number of nitrogens with zero attached hydrogens (tertiary/aromatic N) is 1. The monoisotopic (exact) mass is 554 g/mol. The van der Waals surface area contributed by atoms with Crippen LogP contribution in [0.2, 0.25) is 0 Å². The number of nitrogens with one attached hydrogen (secondary N) is 2. The Morgan fingerprint density at radius 3 is 2.64 bits per heavy atom. The number of hydrogen-bond donors (Lipinski definition) is 3. The Hall–Kier alpha value is -3.79. The largest absolute Gasteiger partial charge is 0.422 e. The second kappa shape index (κ2) is 10.4. The number of Topliss-reactive ketones (excluding diaryl/α,β-unsaturated/α-hetero) is 1. The van der Waals surface area contributed by atoms with Gasteiger partial charge in [-0.1, -0.05) is 13.0 Å². The van der Waals surface area contributed by atoms with Crippen LogP contribution in [0, 0.1) is 12.7 Å². The molecule has 0 spiro atoms. The number of ether oxygens (including phenoxy) is 1. The number of carbonyl (C=O) groups excluding carboxylic acids is 3. The number of hydrogen-bond acceptors (Lipinski definition) is 6. The van der Waals surface area contributed by atoms with E-state index in [9.17, 15) is 14.4 Å². The first-order valence-electron chi connectivity index (χ1n) is 11.3. The van der Waals surface area contributed by atoms with E-state index in [4.69, 9.17) is 10.5 Å². The van der Waals surface area contributed by atoms with Gasteiger partial charge in [0.05, 0.1) is 11.1 Å². The highest BCUT2D eigenvalue weighted by Crippen LogP contribution is 2.47. The molecule has 1 aliphatic rings. The van der Waals surface area contributed by atoms with Crippen molar-refractivity contribution in [3.8, 4) is 5.75 Å². The first kappa shape index (κ1) is 25.3. The van der Waals surface area contributed by atoms with Crippen LogP contribution in [0.15, 0.2) is 53.1 Å². The molecule has 4 N–H and O–H groups in total. The van der Waals surface area contributed by atoms with Crippen LogP contribution < -0.4 is 21.1 Å². The van der Waals surface area contributed by atoms with Gasteiger partial charge in [0, 0.05) is 40.3 Å². The lowest BCUT2D eigenvalue weighted by Crippen LogP contribution is -2.31. The van der Waals surface area contributed by atoms with Gasteiger partial charge in [-0.25, -0.2) is 19.0 Å². The first-order chi connectivity index (χ1) is 17.2. The molecule has 0 saturated heterocycles. The van der Waals surface area contributed by atoms with Gasteiger partial charge in [-0.05, 0) is 71.2 Å². The summed E-state index contributed by atoms with van der Waals surface area (Å²) in [6.45, 7) is 3.47. The molecule has 2 amide bonds. The van der Waals surface area contributed by atoms with E-state index in [0.717, 1.165) is 10.0 Å². The summed E-state index contributed by atoms with van der Waals surface area (Å²) in [5.74, 6) is -1.95. The van der Waals surface area contributed by atoms with Gasteiger partial charge >= 0.3 is 12.0 Å². The van der Waals surface area contributed by atoms with Crippen molar-refractivity contribution < 1.29 is 23.5 Å². The number of aromatic nitrogens is 1. The molecule has 3 aromatic rings. The molecule has 1 saturated carbocycles. The number of rotatable bonds is 7. The minimum absolute atomic E-state index is 0.0785. The fraction of sp³-hybridized carbons (Fsp3) is 0.231. The molecule has 36 heavy (non-hydrogen) atoms. The van der Waals surface area contributed by atoms with Crippen molar-refractivity contribution in [1.82, 2.24) is 10.3 Å². The molecule has 1 aliphatic carbocycles. The fourth-order valence-corrected chi connectivity index (χ4v) is 4.04. The molecule has 8 nitrogen and oxygen atoms in total. The lowest BCUT2D eigenvalue weighted by molar-refractivity contribution is 0.0730. The predicted molar refractivity (Wildman–Crippen MR) is 137 cm³/mol. The zero-order valence-corrected chi connectivity index (χ0v) is 21.2. The van der Waals surface area contributed by atoms with E-state index in [1.165, 1.54) is 18.2 Å². The van der Waals surface area contributed by atoms with Crippen LogP contribution in [0.1, 0.15) is 57.5 Å². The van der Waals surface area contributed by atoms with Crippen LogP contribution >= 0.6 is 15.9 Å². The Bertz CT molecular complexity index is 1350. The number of esters is 1. The summed E-state index contributed by atoms with van der Waals surface area (Å²) >= 11 is 3.28. The van der Waals surface area contributed by atoms with E-state index in [-0.39, 0.29) is 34.6 Å². The molecular weight excluding hydrogens is 531 g/mol. The third kappa shape index (κ3) is 5.54. The third-order valence-corrected chi connectivity index (χ3v) is 6.39. The van der Waals surface area contributed by atoms with Gasteiger partial charge in [0.1, 0.15) is 17.4 Å². The Morgan fingerprint density at radius 2 is 1.97 bits per heavy atom. The topological polar surface area (TPSA) is 123 Å². The number of anilines is 2. The Labute approximate surface area is 215 Å². The van der Waals surface area contributed by atoms with Gasteiger partial charge in [0.2, 0.25) is 0 Å². The molecular formula is C26H24BrFN4O4. The highest BCUT2D eigenvalue weighted by molar-refractivity contribution is 9.10. The van der Waals surface area contributed by atoms with Gasteiger partial charge in [0.15, 0.2) is 5.78 Å². The van der Waals surface area contributed by atoms with E-state index >= 15 is 4.39 Å². The number of nitrogens with two attached hydrogens (primary N) is 1. The summed E-state index contributed by atoms with van der Waals surface area (Å²) in [6.07, 6.45) is 2.09. The van der Waals surface area contributed by atoms with E-state index < -0.39 is 29.8 Å². The van der Waals surface area contributed by atoms with Crippen LogP contribution in [0.25, 0.3) is 0 Å². The molecule has 2 aromatic carbocycles. The maximum absolute atomic E-state index is 15.1. The highest BCUT2D eigenvalue weighted by atomic mass is 79.9. The molecule has 4 rings (SSSR count). The molecule has 0 radical (unpaired) electrons. The smallest absolute Gasteiger partial charge is 0.343 e. The van der Waals surface area contributed by atoms with Crippen LogP contribution in [0.3, 0.4) is 0 Å². The number of carbonyl (C=O) groups is 3. The number of amides is 2. The van der Waals surface area contributed by atoms with Crippen molar-refractivity contribution in [1.29, 1.82) is 0 Å². The average molecular weight is 555 g/mol. The van der Waals surface area contributed by atoms with Crippen LogP contribution in [0.5, 0.6) is 5.75 Å². The number of urea groups is 1. The van der Waals surface area contributed by atoms with Gasteiger partial charge in [-0.15, -0.1) is 0 Å². The third-order valence-electron chi connectivity index (χ3n) is 5.92. The van der Waals surface area contributed by atoms with E-state index in [1.54, 1.807) is 44.3 Å². The first-order valence-corrected chi connectivity index (χ1v) is 12.1. The summed E-state index contributed by atoms with van der Waals surface area (Å²) in [7, 11) is 0. The fourth-order valence-electron chi connectivity index (χ4n) is 3.80. The van der Waals surface area contributed by atoms with Crippen molar-refractivity contribution in [3.63, 3.8) is 0 Å².